The van der Waals surface area contributed by atoms with Gasteiger partial charge in [0.05, 0.1) is 0 Å². The third-order valence-corrected chi connectivity index (χ3v) is 5.23. The molecule has 1 aromatic carbocycles. The van der Waals surface area contributed by atoms with Gasteiger partial charge in [0.2, 0.25) is 0 Å². The molecule has 0 saturated heterocycles. The van der Waals surface area contributed by atoms with Gasteiger partial charge in [0.1, 0.15) is 0 Å². The normalized spacial score (nSPS) is 16.0. The predicted molar refractivity (Wildman–Crippen MR) is 94.1 cm³/mol. The van der Waals surface area contributed by atoms with Crippen LogP contribution in [0.1, 0.15) is 50.8 Å². The fraction of sp³-hybridized carbons (Fsp3) is 0.684. The van der Waals surface area contributed by atoms with Crippen LogP contribution in [0, 0.1) is 13.8 Å². The molecule has 21 heavy (non-hydrogen) atoms. The SMILES string of the molecule is CCN(CC)C(C)(CC)C(Cc1cc(C)ccc1C)NC. The first kappa shape index (κ1) is 18.2. The van der Waals surface area contributed by atoms with E-state index in [1.54, 1.807) is 0 Å². The highest BCUT2D eigenvalue weighted by molar-refractivity contribution is 5.31. The molecule has 120 valence electrons. The highest BCUT2D eigenvalue weighted by Crippen LogP contribution is 2.27. The Labute approximate surface area is 131 Å². The molecule has 1 N–H and O–H groups in total. The van der Waals surface area contributed by atoms with E-state index in [9.17, 15) is 0 Å². The molecule has 0 fully saturated rings. The summed E-state index contributed by atoms with van der Waals surface area (Å²) in [5, 5.41) is 3.60. The van der Waals surface area contributed by atoms with Crippen LogP contribution in [-0.4, -0.2) is 36.6 Å². The summed E-state index contributed by atoms with van der Waals surface area (Å²) in [5.74, 6) is 0. The molecule has 1 rings (SSSR count). The van der Waals surface area contributed by atoms with Crippen molar-refractivity contribution in [2.45, 2.75) is 66.0 Å². The third-order valence-electron chi connectivity index (χ3n) is 5.23. The monoisotopic (exact) mass is 290 g/mol. The van der Waals surface area contributed by atoms with Crippen LogP contribution in [0.4, 0.5) is 0 Å². The zero-order chi connectivity index (χ0) is 16.0. The molecular formula is C19H34N2. The second-order valence-corrected chi connectivity index (χ2v) is 6.36. The first-order chi connectivity index (χ1) is 9.92. The molecule has 2 unspecified atom stereocenters. The molecule has 0 aliphatic heterocycles. The Morgan fingerprint density at radius 3 is 2.24 bits per heavy atom. The molecule has 0 aromatic heterocycles. The van der Waals surface area contributed by atoms with Crippen LogP contribution in [-0.2, 0) is 6.42 Å². The first-order valence-corrected chi connectivity index (χ1v) is 8.41. The van der Waals surface area contributed by atoms with Gasteiger partial charge in [-0.15, -0.1) is 0 Å². The molecule has 0 aliphatic rings. The summed E-state index contributed by atoms with van der Waals surface area (Å²) in [5.41, 5.74) is 4.42. The average molecular weight is 290 g/mol. The Balaban J connectivity index is 3.07. The Kier molecular flexibility index (Phi) is 6.89. The quantitative estimate of drug-likeness (QED) is 0.780. The molecule has 0 radical (unpaired) electrons. The van der Waals surface area contributed by atoms with Gasteiger partial charge in [-0.25, -0.2) is 0 Å². The summed E-state index contributed by atoms with van der Waals surface area (Å²) in [6.07, 6.45) is 2.25. The smallest absolute Gasteiger partial charge is 0.0334 e. The maximum absolute atomic E-state index is 3.60. The largest absolute Gasteiger partial charge is 0.315 e. The molecule has 0 spiro atoms. The highest BCUT2D eigenvalue weighted by atomic mass is 15.2. The highest BCUT2D eigenvalue weighted by Gasteiger charge is 2.36. The van der Waals surface area contributed by atoms with E-state index in [1.807, 2.05) is 0 Å². The summed E-state index contributed by atoms with van der Waals surface area (Å²) < 4.78 is 0. The molecule has 2 nitrogen and oxygen atoms in total. The van der Waals surface area contributed by atoms with E-state index >= 15 is 0 Å². The maximum Gasteiger partial charge on any atom is 0.0334 e. The van der Waals surface area contributed by atoms with Crippen LogP contribution in [0.15, 0.2) is 18.2 Å². The molecule has 0 amide bonds. The first-order valence-electron chi connectivity index (χ1n) is 8.41. The summed E-state index contributed by atoms with van der Waals surface area (Å²) in [4.78, 5) is 2.60. The minimum Gasteiger partial charge on any atom is -0.315 e. The van der Waals surface area contributed by atoms with E-state index in [0.29, 0.717) is 6.04 Å². The number of hydrogen-bond acceptors (Lipinski definition) is 2. The molecule has 0 bridgehead atoms. The van der Waals surface area contributed by atoms with Gasteiger partial charge in [-0.2, -0.15) is 0 Å². The lowest BCUT2D eigenvalue weighted by molar-refractivity contribution is 0.0730. The zero-order valence-corrected chi connectivity index (χ0v) is 15.1. The van der Waals surface area contributed by atoms with Crippen molar-refractivity contribution in [3.63, 3.8) is 0 Å². The van der Waals surface area contributed by atoms with Crippen LogP contribution in [0.25, 0.3) is 0 Å². The van der Waals surface area contributed by atoms with Crippen molar-refractivity contribution >= 4 is 0 Å². The number of hydrogen-bond donors (Lipinski definition) is 1. The van der Waals surface area contributed by atoms with Crippen molar-refractivity contribution < 1.29 is 0 Å². The van der Waals surface area contributed by atoms with Gasteiger partial charge in [0.15, 0.2) is 0 Å². The molecule has 0 aliphatic carbocycles. The van der Waals surface area contributed by atoms with Gasteiger partial charge in [0, 0.05) is 11.6 Å². The van der Waals surface area contributed by atoms with Gasteiger partial charge < -0.3 is 5.32 Å². The Morgan fingerprint density at radius 1 is 1.14 bits per heavy atom. The van der Waals surface area contributed by atoms with Crippen LogP contribution < -0.4 is 5.32 Å². The van der Waals surface area contributed by atoms with Crippen molar-refractivity contribution in [1.82, 2.24) is 10.2 Å². The number of rotatable bonds is 8. The van der Waals surface area contributed by atoms with Crippen LogP contribution in [0.5, 0.6) is 0 Å². The second-order valence-electron chi connectivity index (χ2n) is 6.36. The number of benzene rings is 1. The summed E-state index contributed by atoms with van der Waals surface area (Å²) in [6.45, 7) is 15.9. The lowest BCUT2D eigenvalue weighted by Crippen LogP contribution is -2.59. The lowest BCUT2D eigenvalue weighted by atomic mass is 9.82. The molecule has 2 atom stereocenters. The molecule has 0 saturated carbocycles. The van der Waals surface area contributed by atoms with E-state index in [-0.39, 0.29) is 5.54 Å². The Morgan fingerprint density at radius 2 is 1.76 bits per heavy atom. The van der Waals surface area contributed by atoms with Gasteiger partial charge in [0.25, 0.3) is 0 Å². The van der Waals surface area contributed by atoms with Crippen molar-refractivity contribution in [2.24, 2.45) is 0 Å². The summed E-state index contributed by atoms with van der Waals surface area (Å²) in [6, 6.07) is 7.26. The average Bonchev–Trinajstić information content (AvgIpc) is 2.48. The molecule has 1 aromatic rings. The van der Waals surface area contributed by atoms with Gasteiger partial charge in [-0.3, -0.25) is 4.90 Å². The Bertz CT molecular complexity index is 437. The van der Waals surface area contributed by atoms with Crippen molar-refractivity contribution in [3.05, 3.63) is 34.9 Å². The molecule has 0 heterocycles. The van der Waals surface area contributed by atoms with Gasteiger partial charge in [-0.1, -0.05) is 44.5 Å². The second kappa shape index (κ2) is 7.95. The van der Waals surface area contributed by atoms with Crippen LogP contribution >= 0.6 is 0 Å². The summed E-state index contributed by atoms with van der Waals surface area (Å²) >= 11 is 0. The van der Waals surface area contributed by atoms with E-state index < -0.39 is 0 Å². The predicted octanol–water partition coefficient (Wildman–Crippen LogP) is 3.94. The fourth-order valence-electron chi connectivity index (χ4n) is 3.51. The van der Waals surface area contributed by atoms with Crippen molar-refractivity contribution in [2.75, 3.05) is 20.1 Å². The zero-order valence-electron chi connectivity index (χ0n) is 15.1. The minimum atomic E-state index is 0.189. The van der Waals surface area contributed by atoms with E-state index in [4.69, 9.17) is 0 Å². The number of nitrogens with one attached hydrogen (secondary N) is 1. The van der Waals surface area contributed by atoms with Crippen LogP contribution in [0.3, 0.4) is 0 Å². The topological polar surface area (TPSA) is 15.3 Å². The summed E-state index contributed by atoms with van der Waals surface area (Å²) in [7, 11) is 2.10. The molecule has 2 heteroatoms. The van der Waals surface area contributed by atoms with Gasteiger partial charge >= 0.3 is 0 Å². The number of nitrogens with zero attached hydrogens (tertiary/aromatic N) is 1. The standard InChI is InChI=1S/C19H34N2/c1-8-19(6,21(9-2)10-3)18(20-7)14-17-13-15(4)11-12-16(17)5/h11-13,18,20H,8-10,14H2,1-7H3. The lowest BCUT2D eigenvalue weighted by Gasteiger charge is -2.46. The van der Waals surface area contributed by atoms with Crippen molar-refractivity contribution in [1.29, 1.82) is 0 Å². The Hall–Kier alpha value is -0.860. The van der Waals surface area contributed by atoms with Gasteiger partial charge in [-0.05, 0) is 64.9 Å². The van der Waals surface area contributed by atoms with Crippen molar-refractivity contribution in [3.8, 4) is 0 Å². The molecular weight excluding hydrogens is 256 g/mol. The van der Waals surface area contributed by atoms with E-state index in [1.165, 1.54) is 16.7 Å². The van der Waals surface area contributed by atoms with E-state index in [0.717, 1.165) is 25.9 Å². The third kappa shape index (κ3) is 4.08. The minimum absolute atomic E-state index is 0.189. The fourth-order valence-corrected chi connectivity index (χ4v) is 3.51. The number of likely N-dealkylation sites (N-methyl/N-ethyl adjacent to an activating group) is 2. The van der Waals surface area contributed by atoms with Crippen LogP contribution in [0.2, 0.25) is 0 Å². The van der Waals surface area contributed by atoms with E-state index in [2.05, 4.69) is 77.0 Å². The number of aryl methyl sites for hydroxylation is 2. The maximum atomic E-state index is 3.60.